The maximum Gasteiger partial charge on any atom is 0.266 e. The van der Waals surface area contributed by atoms with Gasteiger partial charge in [0.1, 0.15) is 4.88 Å². The third-order valence-corrected chi connectivity index (χ3v) is 5.48. The molecule has 0 aliphatic heterocycles. The predicted octanol–water partition coefficient (Wildman–Crippen LogP) is 2.11. The summed E-state index contributed by atoms with van der Waals surface area (Å²) >= 11 is 1.35. The van der Waals surface area contributed by atoms with E-state index < -0.39 is 0 Å². The van der Waals surface area contributed by atoms with Crippen LogP contribution in [-0.4, -0.2) is 31.8 Å². The average molecular weight is 369 g/mol. The molecule has 0 saturated heterocycles. The zero-order chi connectivity index (χ0) is 18.1. The van der Waals surface area contributed by atoms with E-state index in [1.54, 1.807) is 12.1 Å². The molecule has 1 fully saturated rings. The number of hydrogen-bond donors (Lipinski definition) is 1. The topological polar surface area (TPSA) is 81.8 Å². The normalized spacial score (nSPS) is 13.7. The number of carbonyl (C=O) groups is 1. The Bertz CT molecular complexity index is 985. The molecule has 0 atom stereocenters. The molecule has 3 aromatic heterocycles. The first-order valence-electron chi connectivity index (χ1n) is 8.59. The number of carbonyl (C=O) groups excluding carboxylic acids is 1. The van der Waals surface area contributed by atoms with Crippen molar-refractivity contribution in [2.75, 3.05) is 6.54 Å². The summed E-state index contributed by atoms with van der Waals surface area (Å²) in [5.41, 5.74) is 1.51. The first-order valence-corrected chi connectivity index (χ1v) is 9.40. The molecule has 26 heavy (non-hydrogen) atoms. The predicted molar refractivity (Wildman–Crippen MR) is 99.0 cm³/mol. The monoisotopic (exact) mass is 369 g/mol. The van der Waals surface area contributed by atoms with Crippen LogP contribution in [0.25, 0.3) is 5.13 Å². The second-order valence-corrected chi connectivity index (χ2v) is 7.33. The zero-order valence-electron chi connectivity index (χ0n) is 14.4. The second-order valence-electron chi connectivity index (χ2n) is 6.35. The van der Waals surface area contributed by atoms with Crippen molar-refractivity contribution in [2.24, 2.45) is 0 Å². The molecule has 0 aromatic carbocycles. The Kier molecular flexibility index (Phi) is 4.42. The van der Waals surface area contributed by atoms with E-state index in [9.17, 15) is 9.59 Å². The van der Waals surface area contributed by atoms with Gasteiger partial charge in [0.15, 0.2) is 5.13 Å². The summed E-state index contributed by atoms with van der Waals surface area (Å²) < 4.78 is 3.31. The Morgan fingerprint density at radius 1 is 1.31 bits per heavy atom. The summed E-state index contributed by atoms with van der Waals surface area (Å²) in [6.07, 6.45) is 6.06. The van der Waals surface area contributed by atoms with Gasteiger partial charge in [-0.3, -0.25) is 9.59 Å². The SMILES string of the molecule is Cc1nc(-n2cccc2)sc1C(=O)NCCn1nc(C2CC2)ccc1=O. The second kappa shape index (κ2) is 6.87. The minimum absolute atomic E-state index is 0.146. The Hall–Kier alpha value is -2.74. The average Bonchev–Trinajstić information content (AvgIpc) is 3.18. The molecule has 4 rings (SSSR count). The molecular weight excluding hydrogens is 350 g/mol. The highest BCUT2D eigenvalue weighted by Gasteiger charge is 2.25. The number of hydrogen-bond acceptors (Lipinski definition) is 5. The van der Waals surface area contributed by atoms with Gasteiger partial charge in [-0.05, 0) is 38.0 Å². The highest BCUT2D eigenvalue weighted by Crippen LogP contribution is 2.38. The molecule has 3 aromatic rings. The summed E-state index contributed by atoms with van der Waals surface area (Å²) in [6.45, 7) is 2.52. The van der Waals surface area contributed by atoms with Gasteiger partial charge in [-0.15, -0.1) is 0 Å². The fraction of sp³-hybridized carbons (Fsp3) is 0.333. The number of rotatable bonds is 6. The van der Waals surface area contributed by atoms with Crippen molar-refractivity contribution in [1.29, 1.82) is 0 Å². The summed E-state index contributed by atoms with van der Waals surface area (Å²) in [5.74, 6) is 0.313. The largest absolute Gasteiger partial charge is 0.349 e. The van der Waals surface area contributed by atoms with Crippen LogP contribution >= 0.6 is 11.3 Å². The number of thiazole rings is 1. The van der Waals surface area contributed by atoms with Crippen molar-refractivity contribution in [3.05, 3.63) is 63.3 Å². The van der Waals surface area contributed by atoms with E-state index in [1.165, 1.54) is 16.0 Å². The van der Waals surface area contributed by atoms with E-state index >= 15 is 0 Å². The van der Waals surface area contributed by atoms with Gasteiger partial charge in [-0.1, -0.05) is 11.3 Å². The Morgan fingerprint density at radius 3 is 2.81 bits per heavy atom. The summed E-state index contributed by atoms with van der Waals surface area (Å²) in [4.78, 5) is 29.4. The van der Waals surface area contributed by atoms with Gasteiger partial charge < -0.3 is 9.88 Å². The number of nitrogens with zero attached hydrogens (tertiary/aromatic N) is 4. The van der Waals surface area contributed by atoms with Gasteiger partial charge in [0.05, 0.1) is 17.9 Å². The maximum atomic E-state index is 12.5. The summed E-state index contributed by atoms with van der Waals surface area (Å²) in [5, 5.41) is 8.02. The van der Waals surface area contributed by atoms with Crippen molar-refractivity contribution in [2.45, 2.75) is 32.2 Å². The standard InChI is InChI=1S/C18H19N5O2S/c1-12-16(26-18(20-12)22-9-2-3-10-22)17(25)19-8-11-23-15(24)7-6-14(21-23)13-4-5-13/h2-3,6-7,9-10,13H,4-5,8,11H2,1H3,(H,19,25). The number of amides is 1. The lowest BCUT2D eigenvalue weighted by molar-refractivity contribution is 0.0955. The van der Waals surface area contributed by atoms with Crippen LogP contribution in [0.1, 0.15) is 39.8 Å². The van der Waals surface area contributed by atoms with Gasteiger partial charge >= 0.3 is 0 Å². The van der Waals surface area contributed by atoms with Gasteiger partial charge in [0.2, 0.25) is 0 Å². The van der Waals surface area contributed by atoms with Crippen molar-refractivity contribution in [3.8, 4) is 5.13 Å². The van der Waals surface area contributed by atoms with Gasteiger partial charge in [-0.2, -0.15) is 5.10 Å². The van der Waals surface area contributed by atoms with Crippen LogP contribution in [0, 0.1) is 6.92 Å². The van der Waals surface area contributed by atoms with E-state index in [2.05, 4.69) is 15.4 Å². The molecule has 0 bridgehead atoms. The molecule has 134 valence electrons. The molecule has 0 unspecified atom stereocenters. The van der Waals surface area contributed by atoms with Crippen LogP contribution in [0.15, 0.2) is 41.5 Å². The van der Waals surface area contributed by atoms with Crippen LogP contribution in [-0.2, 0) is 6.54 Å². The van der Waals surface area contributed by atoms with E-state index in [0.717, 1.165) is 23.7 Å². The molecule has 1 amide bonds. The Morgan fingerprint density at radius 2 is 2.08 bits per heavy atom. The lowest BCUT2D eigenvalue weighted by Gasteiger charge is -2.07. The molecule has 1 aliphatic carbocycles. The quantitative estimate of drug-likeness (QED) is 0.721. The van der Waals surface area contributed by atoms with Crippen molar-refractivity contribution in [1.82, 2.24) is 24.6 Å². The summed E-state index contributed by atoms with van der Waals surface area (Å²) in [7, 11) is 0. The smallest absolute Gasteiger partial charge is 0.266 e. The van der Waals surface area contributed by atoms with E-state index in [0.29, 0.717) is 29.6 Å². The van der Waals surface area contributed by atoms with Crippen LogP contribution in [0.3, 0.4) is 0 Å². The first kappa shape index (κ1) is 16.7. The summed E-state index contributed by atoms with van der Waals surface area (Å²) in [6, 6.07) is 7.19. The molecule has 1 saturated carbocycles. The molecule has 7 nitrogen and oxygen atoms in total. The Balaban J connectivity index is 1.40. The van der Waals surface area contributed by atoms with Crippen LogP contribution < -0.4 is 10.9 Å². The molecule has 3 heterocycles. The highest BCUT2D eigenvalue weighted by atomic mass is 32.1. The lowest BCUT2D eigenvalue weighted by atomic mass is 10.3. The fourth-order valence-corrected chi connectivity index (χ4v) is 3.69. The van der Waals surface area contributed by atoms with Crippen LogP contribution in [0.2, 0.25) is 0 Å². The van der Waals surface area contributed by atoms with Crippen LogP contribution in [0.4, 0.5) is 0 Å². The minimum atomic E-state index is -0.176. The molecule has 1 aliphatic rings. The van der Waals surface area contributed by atoms with E-state index in [-0.39, 0.29) is 11.5 Å². The van der Waals surface area contributed by atoms with E-state index in [4.69, 9.17) is 0 Å². The highest BCUT2D eigenvalue weighted by molar-refractivity contribution is 7.16. The number of aromatic nitrogens is 4. The Labute approximate surface area is 154 Å². The molecule has 8 heteroatoms. The van der Waals surface area contributed by atoms with E-state index in [1.807, 2.05) is 36.0 Å². The van der Waals surface area contributed by atoms with Gasteiger partial charge in [-0.25, -0.2) is 9.67 Å². The molecular formula is C18H19N5O2S. The molecule has 0 spiro atoms. The molecule has 1 N–H and O–H groups in total. The van der Waals surface area contributed by atoms with Crippen LogP contribution in [0.5, 0.6) is 0 Å². The zero-order valence-corrected chi connectivity index (χ0v) is 15.2. The first-order chi connectivity index (χ1) is 12.6. The number of aryl methyl sites for hydroxylation is 1. The van der Waals surface area contributed by atoms with Crippen molar-refractivity contribution in [3.63, 3.8) is 0 Å². The van der Waals surface area contributed by atoms with Gasteiger partial charge in [0.25, 0.3) is 11.5 Å². The van der Waals surface area contributed by atoms with Crippen molar-refractivity contribution >= 4 is 17.2 Å². The van der Waals surface area contributed by atoms with Gasteiger partial charge in [0, 0.05) is 30.9 Å². The lowest BCUT2D eigenvalue weighted by Crippen LogP contribution is -2.32. The molecule has 0 radical (unpaired) electrons. The number of nitrogens with one attached hydrogen (secondary N) is 1. The minimum Gasteiger partial charge on any atom is -0.349 e. The third kappa shape index (κ3) is 3.45. The van der Waals surface area contributed by atoms with Crippen molar-refractivity contribution < 1.29 is 4.79 Å². The maximum absolute atomic E-state index is 12.5. The third-order valence-electron chi connectivity index (χ3n) is 4.31. The fourth-order valence-electron chi connectivity index (χ4n) is 2.74.